The molecule has 5 heteroatoms. The molecule has 2 rings (SSSR count). The molecule has 1 aliphatic rings. The number of hydrogen-bond acceptors (Lipinski definition) is 1. The van der Waals surface area contributed by atoms with Crippen LogP contribution in [0.25, 0.3) is 5.57 Å². The molecule has 23 heavy (non-hydrogen) atoms. The molecule has 1 aromatic rings. The van der Waals surface area contributed by atoms with Crippen molar-refractivity contribution >= 4 is 38.6 Å². The minimum atomic E-state index is -1.54. The molecule has 0 radical (unpaired) electrons. The maximum atomic E-state index is 3.90. The zero-order valence-corrected chi connectivity index (χ0v) is 19.8. The molecule has 0 saturated carbocycles. The molecule has 0 amide bonds. The summed E-state index contributed by atoms with van der Waals surface area (Å²) in [6.45, 7) is 18.6. The molecule has 1 unspecified atom stereocenters. The summed E-state index contributed by atoms with van der Waals surface area (Å²) >= 11 is 0. The van der Waals surface area contributed by atoms with Gasteiger partial charge in [0, 0.05) is 27.3 Å². The number of rotatable bonds is 3. The largest absolute Gasteiger partial charge is 0.335 e. The average Bonchev–Trinajstić information content (AvgIpc) is 2.49. The Morgan fingerprint density at radius 1 is 1.00 bits per heavy atom. The van der Waals surface area contributed by atoms with Gasteiger partial charge >= 0.3 is 0 Å². The normalized spacial score (nSPS) is 16.5. The van der Waals surface area contributed by atoms with Gasteiger partial charge in [0.2, 0.25) is 0 Å². The van der Waals surface area contributed by atoms with Crippen molar-refractivity contribution in [3.8, 4) is 0 Å². The second-order valence-corrected chi connectivity index (χ2v) is 11.6. The standard InChI is InChI=1S/C18H29NSi.2ClH.Ti/c1-11(2)19-20(7,8)18-15(6)14(5)17-13(4)9-12(3)10-16(17)18;;;/h9-11,18-19H,1-8H3;2*1H;. The van der Waals surface area contributed by atoms with Gasteiger partial charge in [-0.1, -0.05) is 50.2 Å². The fraction of sp³-hybridized carbons (Fsp3) is 0.556. The van der Waals surface area contributed by atoms with E-state index >= 15 is 0 Å². The third-order valence-electron chi connectivity index (χ3n) is 4.60. The first-order valence-corrected chi connectivity index (χ1v) is 10.8. The molecule has 1 atom stereocenters. The smallest absolute Gasteiger partial charge is 0.131 e. The first-order valence-electron chi connectivity index (χ1n) is 7.71. The zero-order valence-electron chi connectivity index (χ0n) is 15.6. The molecule has 0 bridgehead atoms. The van der Waals surface area contributed by atoms with Crippen LogP contribution in [-0.4, -0.2) is 14.3 Å². The predicted octanol–water partition coefficient (Wildman–Crippen LogP) is 5.78. The Labute approximate surface area is 170 Å². The Bertz CT molecular complexity index is 583. The second-order valence-electron chi connectivity index (χ2n) is 7.31. The van der Waals surface area contributed by atoms with Gasteiger partial charge in [-0.05, 0) is 56.0 Å². The molecular weight excluding hydrogens is 377 g/mol. The van der Waals surface area contributed by atoms with E-state index < -0.39 is 8.24 Å². The summed E-state index contributed by atoms with van der Waals surface area (Å²) in [5, 5.41) is 0. The van der Waals surface area contributed by atoms with Crippen LogP contribution in [0.5, 0.6) is 0 Å². The van der Waals surface area contributed by atoms with Crippen LogP contribution < -0.4 is 4.98 Å². The van der Waals surface area contributed by atoms with Gasteiger partial charge in [-0.2, -0.15) is 0 Å². The van der Waals surface area contributed by atoms with Crippen molar-refractivity contribution in [1.82, 2.24) is 4.98 Å². The van der Waals surface area contributed by atoms with Crippen LogP contribution >= 0.6 is 24.8 Å². The molecule has 1 aromatic carbocycles. The summed E-state index contributed by atoms with van der Waals surface area (Å²) in [6.07, 6.45) is 0. The van der Waals surface area contributed by atoms with Gasteiger partial charge in [0.1, 0.15) is 8.24 Å². The van der Waals surface area contributed by atoms with Gasteiger partial charge < -0.3 is 4.98 Å². The Morgan fingerprint density at radius 3 is 2.00 bits per heavy atom. The number of benzene rings is 1. The minimum Gasteiger partial charge on any atom is -0.335 e. The summed E-state index contributed by atoms with van der Waals surface area (Å²) in [4.78, 5) is 3.90. The van der Waals surface area contributed by atoms with E-state index in [0.717, 1.165) is 0 Å². The quantitative estimate of drug-likeness (QED) is 0.626. The Hall–Kier alpha value is 0.431. The van der Waals surface area contributed by atoms with Crippen LogP contribution in [0.1, 0.15) is 55.5 Å². The van der Waals surface area contributed by atoms with Gasteiger partial charge in [0.25, 0.3) is 0 Å². The monoisotopic (exact) mass is 407 g/mol. The van der Waals surface area contributed by atoms with E-state index in [0.29, 0.717) is 11.6 Å². The summed E-state index contributed by atoms with van der Waals surface area (Å²) in [7, 11) is -1.54. The van der Waals surface area contributed by atoms with Gasteiger partial charge in [-0.15, -0.1) is 24.8 Å². The van der Waals surface area contributed by atoms with Crippen molar-refractivity contribution in [1.29, 1.82) is 0 Å². The van der Waals surface area contributed by atoms with Gasteiger partial charge in [0.15, 0.2) is 0 Å². The van der Waals surface area contributed by atoms with Crippen LogP contribution in [-0.2, 0) is 21.7 Å². The van der Waals surface area contributed by atoms with E-state index in [-0.39, 0.29) is 46.5 Å². The summed E-state index contributed by atoms with van der Waals surface area (Å²) in [5.74, 6) is 0. The third kappa shape index (κ3) is 4.96. The van der Waals surface area contributed by atoms with Crippen molar-refractivity contribution in [2.45, 2.75) is 66.2 Å². The van der Waals surface area contributed by atoms with Crippen LogP contribution in [0.3, 0.4) is 0 Å². The molecule has 0 saturated heterocycles. The van der Waals surface area contributed by atoms with Crippen LogP contribution in [0.2, 0.25) is 13.1 Å². The topological polar surface area (TPSA) is 12.0 Å². The number of aryl methyl sites for hydroxylation is 2. The van der Waals surface area contributed by atoms with Crippen LogP contribution in [0.15, 0.2) is 17.7 Å². The first-order chi connectivity index (χ1) is 9.15. The van der Waals surface area contributed by atoms with Gasteiger partial charge in [-0.3, -0.25) is 0 Å². The van der Waals surface area contributed by atoms with Crippen molar-refractivity contribution in [2.24, 2.45) is 0 Å². The molecular formula is C18H31Cl2NSiTi. The Morgan fingerprint density at radius 2 is 1.52 bits per heavy atom. The molecule has 0 aliphatic heterocycles. The fourth-order valence-electron chi connectivity index (χ4n) is 4.14. The fourth-order valence-corrected chi connectivity index (χ4v) is 8.10. The maximum Gasteiger partial charge on any atom is 0.131 e. The predicted molar refractivity (Wildman–Crippen MR) is 107 cm³/mol. The van der Waals surface area contributed by atoms with E-state index in [1.165, 1.54) is 22.3 Å². The van der Waals surface area contributed by atoms with E-state index in [4.69, 9.17) is 0 Å². The molecule has 130 valence electrons. The number of allylic oxidation sites excluding steroid dienone is 2. The third-order valence-corrected chi connectivity index (χ3v) is 8.11. The number of nitrogens with one attached hydrogen (secondary N) is 1. The van der Waals surface area contributed by atoms with E-state index in [1.54, 1.807) is 11.1 Å². The Balaban J connectivity index is 0. The first kappa shape index (κ1) is 25.7. The summed E-state index contributed by atoms with van der Waals surface area (Å²) in [5.41, 5.74) is 9.62. The van der Waals surface area contributed by atoms with Gasteiger partial charge in [0.05, 0.1) is 0 Å². The Kier molecular flexibility index (Phi) is 10.3. The van der Waals surface area contributed by atoms with Gasteiger partial charge in [-0.25, -0.2) is 0 Å². The molecule has 1 N–H and O–H groups in total. The van der Waals surface area contributed by atoms with Crippen LogP contribution in [0.4, 0.5) is 0 Å². The van der Waals surface area contributed by atoms with Crippen molar-refractivity contribution < 1.29 is 21.7 Å². The molecule has 0 heterocycles. The zero-order chi connectivity index (χ0) is 15.2. The summed E-state index contributed by atoms with van der Waals surface area (Å²) in [6, 6.07) is 5.30. The SMILES string of the molecule is CC1=C(C)C([Si](C)(C)NC(C)C)c2cc(C)cc(C)c21.Cl.Cl.[Ti]. The van der Waals surface area contributed by atoms with Crippen molar-refractivity contribution in [3.63, 3.8) is 0 Å². The summed E-state index contributed by atoms with van der Waals surface area (Å²) < 4.78 is 0. The molecule has 0 aromatic heterocycles. The van der Waals surface area contributed by atoms with E-state index in [1.807, 2.05) is 0 Å². The van der Waals surface area contributed by atoms with Crippen molar-refractivity contribution in [3.05, 3.63) is 40.0 Å². The molecule has 1 aliphatic carbocycles. The molecule has 0 fully saturated rings. The van der Waals surface area contributed by atoms with E-state index in [2.05, 4.69) is 71.8 Å². The van der Waals surface area contributed by atoms with Crippen LogP contribution in [0, 0.1) is 13.8 Å². The minimum absolute atomic E-state index is 0. The number of halogens is 2. The molecule has 1 nitrogen and oxygen atoms in total. The second kappa shape index (κ2) is 9.22. The maximum absolute atomic E-state index is 3.90. The van der Waals surface area contributed by atoms with E-state index in [9.17, 15) is 0 Å². The molecule has 0 spiro atoms. The van der Waals surface area contributed by atoms with Crippen molar-refractivity contribution in [2.75, 3.05) is 0 Å². The number of hydrogen-bond donors (Lipinski definition) is 1. The average molecular weight is 408 g/mol. The number of fused-ring (bicyclic) bond motifs is 1.